The molecule has 0 aromatic carbocycles. The van der Waals surface area contributed by atoms with E-state index < -0.39 is 0 Å². The van der Waals surface area contributed by atoms with E-state index in [4.69, 9.17) is 0 Å². The maximum Gasteiger partial charge on any atom is 0.136 e. The summed E-state index contributed by atoms with van der Waals surface area (Å²) >= 11 is 0. The Labute approximate surface area is 55.6 Å². The van der Waals surface area contributed by atoms with E-state index in [9.17, 15) is 4.79 Å². The van der Waals surface area contributed by atoms with Crippen molar-refractivity contribution >= 4 is 6.29 Å². The molecule has 9 heavy (non-hydrogen) atoms. The van der Waals surface area contributed by atoms with Crippen LogP contribution in [-0.2, 0) is 4.79 Å². The minimum absolute atomic E-state index is 0.133. The van der Waals surface area contributed by atoms with Crippen molar-refractivity contribution in [3.63, 3.8) is 0 Å². The molecule has 0 bridgehead atoms. The Morgan fingerprint density at radius 2 is 2.44 bits per heavy atom. The van der Waals surface area contributed by atoms with Gasteiger partial charge in [0.1, 0.15) is 6.29 Å². The summed E-state index contributed by atoms with van der Waals surface area (Å²) in [6.45, 7) is 3.20. The molecule has 2 nitrogen and oxygen atoms in total. The Morgan fingerprint density at radius 1 is 1.67 bits per heavy atom. The largest absolute Gasteiger partial charge is 0.308 e. The summed E-state index contributed by atoms with van der Waals surface area (Å²) in [5.74, 6) is 0.724. The summed E-state index contributed by atoms with van der Waals surface area (Å²) in [6, 6.07) is 0.133. The summed E-state index contributed by atoms with van der Waals surface area (Å²) in [7, 11) is 0. The summed E-state index contributed by atoms with van der Waals surface area (Å²) in [5.41, 5.74) is 0. The second kappa shape index (κ2) is 2.97. The normalized spacial score (nSPS) is 36.1. The molecule has 0 aromatic heterocycles. The Hall–Kier alpha value is -0.370. The first-order chi connectivity index (χ1) is 4.33. The predicted molar refractivity (Wildman–Crippen MR) is 36.3 cm³/mol. The van der Waals surface area contributed by atoms with E-state index >= 15 is 0 Å². The fourth-order valence-corrected chi connectivity index (χ4v) is 1.25. The van der Waals surface area contributed by atoms with Gasteiger partial charge in [-0.15, -0.1) is 0 Å². The molecule has 0 saturated carbocycles. The van der Waals surface area contributed by atoms with Crippen LogP contribution >= 0.6 is 0 Å². The standard InChI is InChI=1S/C7H13NO/c1-6-2-3-8-7(4-6)5-9/h5-8H,2-4H2,1H3. The lowest BCUT2D eigenvalue weighted by molar-refractivity contribution is -0.110. The van der Waals surface area contributed by atoms with Gasteiger partial charge in [0.15, 0.2) is 0 Å². The third-order valence-electron chi connectivity index (χ3n) is 1.86. The quantitative estimate of drug-likeness (QED) is 0.522. The maximum absolute atomic E-state index is 10.2. The molecular weight excluding hydrogens is 114 g/mol. The van der Waals surface area contributed by atoms with Gasteiger partial charge in [0.25, 0.3) is 0 Å². The number of piperidine rings is 1. The number of aldehydes is 1. The fraction of sp³-hybridized carbons (Fsp3) is 0.857. The molecule has 0 aliphatic carbocycles. The van der Waals surface area contributed by atoms with Crippen molar-refractivity contribution in [1.29, 1.82) is 0 Å². The Balaban J connectivity index is 2.31. The van der Waals surface area contributed by atoms with Gasteiger partial charge in [-0.25, -0.2) is 0 Å². The molecule has 1 aliphatic rings. The second-order valence-corrected chi connectivity index (χ2v) is 2.83. The molecule has 0 amide bonds. The second-order valence-electron chi connectivity index (χ2n) is 2.83. The highest BCUT2D eigenvalue weighted by Gasteiger charge is 2.16. The molecule has 1 aliphatic heterocycles. The van der Waals surface area contributed by atoms with Crippen LogP contribution in [0, 0.1) is 5.92 Å². The van der Waals surface area contributed by atoms with Crippen LogP contribution in [-0.4, -0.2) is 18.9 Å². The van der Waals surface area contributed by atoms with Crippen LogP contribution in [0.15, 0.2) is 0 Å². The van der Waals surface area contributed by atoms with Crippen molar-refractivity contribution < 1.29 is 4.79 Å². The molecule has 2 atom stereocenters. The van der Waals surface area contributed by atoms with Crippen molar-refractivity contribution in [2.75, 3.05) is 6.54 Å². The van der Waals surface area contributed by atoms with E-state index in [0.29, 0.717) is 0 Å². The number of nitrogens with one attached hydrogen (secondary N) is 1. The molecule has 2 heteroatoms. The zero-order chi connectivity index (χ0) is 6.69. The zero-order valence-corrected chi connectivity index (χ0v) is 5.76. The lowest BCUT2D eigenvalue weighted by Gasteiger charge is -2.23. The molecule has 0 spiro atoms. The smallest absolute Gasteiger partial charge is 0.136 e. The highest BCUT2D eigenvalue weighted by Crippen LogP contribution is 2.12. The minimum atomic E-state index is 0.133. The maximum atomic E-state index is 10.2. The Kier molecular flexibility index (Phi) is 2.22. The minimum Gasteiger partial charge on any atom is -0.308 e. The predicted octanol–water partition coefficient (Wildman–Crippen LogP) is 0.573. The molecule has 1 saturated heterocycles. The van der Waals surface area contributed by atoms with Crippen molar-refractivity contribution in [3.8, 4) is 0 Å². The van der Waals surface area contributed by atoms with Gasteiger partial charge in [0.2, 0.25) is 0 Å². The van der Waals surface area contributed by atoms with E-state index in [1.807, 2.05) is 0 Å². The van der Waals surface area contributed by atoms with Gasteiger partial charge < -0.3 is 10.1 Å². The third kappa shape index (κ3) is 1.79. The SMILES string of the molecule is CC1CCNC(C=O)C1. The number of carbonyl (C=O) groups is 1. The van der Waals surface area contributed by atoms with E-state index in [1.54, 1.807) is 0 Å². The lowest BCUT2D eigenvalue weighted by Crippen LogP contribution is -2.38. The van der Waals surface area contributed by atoms with Crippen molar-refractivity contribution in [3.05, 3.63) is 0 Å². The van der Waals surface area contributed by atoms with Gasteiger partial charge in [0, 0.05) is 0 Å². The summed E-state index contributed by atoms with van der Waals surface area (Å²) in [4.78, 5) is 10.2. The van der Waals surface area contributed by atoms with E-state index in [0.717, 1.165) is 25.2 Å². The van der Waals surface area contributed by atoms with Crippen molar-refractivity contribution in [1.82, 2.24) is 5.32 Å². The van der Waals surface area contributed by atoms with Crippen LogP contribution in [0.4, 0.5) is 0 Å². The van der Waals surface area contributed by atoms with Crippen LogP contribution in [0.3, 0.4) is 0 Å². The molecule has 1 N–H and O–H groups in total. The molecule has 2 unspecified atom stereocenters. The first kappa shape index (κ1) is 6.75. The molecule has 1 heterocycles. The number of carbonyl (C=O) groups excluding carboxylic acids is 1. The van der Waals surface area contributed by atoms with Gasteiger partial charge in [-0.05, 0) is 25.3 Å². The van der Waals surface area contributed by atoms with E-state index in [-0.39, 0.29) is 6.04 Å². The van der Waals surface area contributed by atoms with Crippen LogP contribution < -0.4 is 5.32 Å². The number of rotatable bonds is 1. The third-order valence-corrected chi connectivity index (χ3v) is 1.86. The van der Waals surface area contributed by atoms with Crippen LogP contribution in [0.5, 0.6) is 0 Å². The van der Waals surface area contributed by atoms with Gasteiger partial charge in [-0.2, -0.15) is 0 Å². The van der Waals surface area contributed by atoms with E-state index in [2.05, 4.69) is 12.2 Å². The molecule has 0 radical (unpaired) electrons. The van der Waals surface area contributed by atoms with Gasteiger partial charge >= 0.3 is 0 Å². The summed E-state index contributed by atoms with van der Waals surface area (Å²) in [6.07, 6.45) is 3.24. The topological polar surface area (TPSA) is 29.1 Å². The highest BCUT2D eigenvalue weighted by molar-refractivity contribution is 5.57. The van der Waals surface area contributed by atoms with Gasteiger partial charge in [0.05, 0.1) is 6.04 Å². The molecular formula is C7H13NO. The number of hydrogen-bond acceptors (Lipinski definition) is 2. The Bertz CT molecular complexity index is 103. The highest BCUT2D eigenvalue weighted by atomic mass is 16.1. The van der Waals surface area contributed by atoms with Crippen molar-refractivity contribution in [2.24, 2.45) is 5.92 Å². The number of hydrogen-bond donors (Lipinski definition) is 1. The summed E-state index contributed by atoms with van der Waals surface area (Å²) in [5, 5.41) is 3.13. The van der Waals surface area contributed by atoms with Crippen LogP contribution in [0.25, 0.3) is 0 Å². The van der Waals surface area contributed by atoms with Crippen molar-refractivity contribution in [2.45, 2.75) is 25.8 Å². The van der Waals surface area contributed by atoms with Gasteiger partial charge in [-0.1, -0.05) is 6.92 Å². The monoisotopic (exact) mass is 127 g/mol. The molecule has 52 valence electrons. The first-order valence-electron chi connectivity index (χ1n) is 3.51. The Morgan fingerprint density at radius 3 is 2.89 bits per heavy atom. The van der Waals surface area contributed by atoms with Crippen LogP contribution in [0.2, 0.25) is 0 Å². The lowest BCUT2D eigenvalue weighted by atomic mass is 9.95. The molecule has 1 rings (SSSR count). The molecule has 0 aromatic rings. The zero-order valence-electron chi connectivity index (χ0n) is 5.76. The summed E-state index contributed by atoms with van der Waals surface area (Å²) < 4.78 is 0. The fourth-order valence-electron chi connectivity index (χ4n) is 1.25. The average molecular weight is 127 g/mol. The van der Waals surface area contributed by atoms with Gasteiger partial charge in [-0.3, -0.25) is 0 Å². The molecule has 1 fully saturated rings. The first-order valence-corrected chi connectivity index (χ1v) is 3.51. The van der Waals surface area contributed by atoms with E-state index in [1.165, 1.54) is 6.42 Å². The average Bonchev–Trinajstić information content (AvgIpc) is 1.88. The van der Waals surface area contributed by atoms with Crippen LogP contribution in [0.1, 0.15) is 19.8 Å².